The van der Waals surface area contributed by atoms with Gasteiger partial charge < -0.3 is 9.47 Å². The van der Waals surface area contributed by atoms with Crippen LogP contribution in [-0.4, -0.2) is 63.3 Å². The summed E-state index contributed by atoms with van der Waals surface area (Å²) in [5.41, 5.74) is 0. The van der Waals surface area contributed by atoms with E-state index in [4.69, 9.17) is 0 Å². The van der Waals surface area contributed by atoms with Gasteiger partial charge in [-0.1, -0.05) is 18.7 Å². The molecule has 1 saturated heterocycles. The zero-order valence-electron chi connectivity index (χ0n) is 14.0. The molecule has 130 valence electrons. The third kappa shape index (κ3) is 4.26. The Morgan fingerprint density at radius 2 is 2.17 bits per heavy atom. The van der Waals surface area contributed by atoms with Crippen LogP contribution >= 0.6 is 11.8 Å². The minimum atomic E-state index is -3.01. The standard InChI is InChI=1S/C14H24N4O3S2/c1-5-10(2)18(12-6-7-23(20,21)9-12)13(19)8-22-14-16-15-11(3)17(14)4/h10,12H,5-9H2,1-4H3/t10-,12+/m1/s1. The van der Waals surface area contributed by atoms with Crippen molar-refractivity contribution in [1.82, 2.24) is 19.7 Å². The number of sulfone groups is 1. The van der Waals surface area contributed by atoms with Gasteiger partial charge >= 0.3 is 0 Å². The maximum Gasteiger partial charge on any atom is 0.233 e. The summed E-state index contributed by atoms with van der Waals surface area (Å²) in [5, 5.41) is 8.71. The van der Waals surface area contributed by atoms with E-state index in [1.54, 1.807) is 4.90 Å². The van der Waals surface area contributed by atoms with Crippen molar-refractivity contribution in [3.05, 3.63) is 5.82 Å². The first-order chi connectivity index (χ1) is 10.7. The van der Waals surface area contributed by atoms with Crippen molar-refractivity contribution in [2.45, 2.75) is 50.9 Å². The molecule has 7 nitrogen and oxygen atoms in total. The first-order valence-corrected chi connectivity index (χ1v) is 10.6. The molecule has 2 atom stereocenters. The molecule has 0 spiro atoms. The molecule has 9 heteroatoms. The molecule has 1 fully saturated rings. The Balaban J connectivity index is 2.07. The van der Waals surface area contributed by atoms with Gasteiger partial charge in [-0.05, 0) is 26.7 Å². The molecule has 0 unspecified atom stereocenters. The summed E-state index contributed by atoms with van der Waals surface area (Å²) < 4.78 is 25.3. The lowest BCUT2D eigenvalue weighted by molar-refractivity contribution is -0.132. The Kier molecular flexibility index (Phi) is 5.72. The number of hydrogen-bond acceptors (Lipinski definition) is 6. The van der Waals surface area contributed by atoms with Crippen LogP contribution in [-0.2, 0) is 21.7 Å². The highest BCUT2D eigenvalue weighted by molar-refractivity contribution is 7.99. The normalized spacial score (nSPS) is 21.3. The fraction of sp³-hybridized carbons (Fsp3) is 0.786. The van der Waals surface area contributed by atoms with Crippen LogP contribution in [0.4, 0.5) is 0 Å². The van der Waals surface area contributed by atoms with Gasteiger partial charge in [-0.3, -0.25) is 4.79 Å². The summed E-state index contributed by atoms with van der Waals surface area (Å²) in [7, 11) is -1.15. The minimum absolute atomic E-state index is 0.0302. The van der Waals surface area contributed by atoms with Gasteiger partial charge in [0, 0.05) is 19.1 Å². The second kappa shape index (κ2) is 7.21. The maximum atomic E-state index is 12.7. The number of hydrogen-bond donors (Lipinski definition) is 0. The number of aromatic nitrogens is 3. The smallest absolute Gasteiger partial charge is 0.233 e. The van der Waals surface area contributed by atoms with Gasteiger partial charge in [0.05, 0.1) is 17.3 Å². The van der Waals surface area contributed by atoms with E-state index in [0.717, 1.165) is 12.2 Å². The van der Waals surface area contributed by atoms with Crippen LogP contribution in [0.2, 0.25) is 0 Å². The lowest BCUT2D eigenvalue weighted by atomic mass is 10.1. The Morgan fingerprint density at radius 3 is 2.65 bits per heavy atom. The SMILES string of the molecule is CC[C@@H](C)N(C(=O)CSc1nnc(C)n1C)[C@H]1CCS(=O)(=O)C1. The molecule has 2 heterocycles. The monoisotopic (exact) mass is 360 g/mol. The van der Waals surface area contributed by atoms with Crippen molar-refractivity contribution in [1.29, 1.82) is 0 Å². The van der Waals surface area contributed by atoms with E-state index in [-0.39, 0.29) is 35.2 Å². The van der Waals surface area contributed by atoms with Crippen molar-refractivity contribution in [3.8, 4) is 0 Å². The molecule has 0 saturated carbocycles. The fourth-order valence-corrected chi connectivity index (χ4v) is 5.25. The molecule has 1 amide bonds. The number of aryl methyl sites for hydroxylation is 1. The van der Waals surface area contributed by atoms with Crippen LogP contribution < -0.4 is 0 Å². The van der Waals surface area contributed by atoms with Crippen molar-refractivity contribution in [2.75, 3.05) is 17.3 Å². The number of rotatable bonds is 6. The highest BCUT2D eigenvalue weighted by atomic mass is 32.2. The molecule has 0 N–H and O–H groups in total. The fourth-order valence-electron chi connectivity index (χ4n) is 2.72. The summed E-state index contributed by atoms with van der Waals surface area (Å²) in [6.07, 6.45) is 1.34. The summed E-state index contributed by atoms with van der Waals surface area (Å²) in [4.78, 5) is 14.5. The Morgan fingerprint density at radius 1 is 1.48 bits per heavy atom. The number of thioether (sulfide) groups is 1. The zero-order valence-corrected chi connectivity index (χ0v) is 15.7. The third-order valence-corrected chi connectivity index (χ3v) is 7.09. The largest absolute Gasteiger partial charge is 0.335 e. The van der Waals surface area contributed by atoms with Crippen LogP contribution in [0, 0.1) is 6.92 Å². The number of nitrogens with zero attached hydrogens (tertiary/aromatic N) is 4. The van der Waals surface area contributed by atoms with E-state index in [2.05, 4.69) is 10.2 Å². The van der Waals surface area contributed by atoms with Gasteiger partial charge in [0.2, 0.25) is 5.91 Å². The van der Waals surface area contributed by atoms with Crippen LogP contribution in [0.1, 0.15) is 32.5 Å². The van der Waals surface area contributed by atoms with Crippen molar-refractivity contribution < 1.29 is 13.2 Å². The molecular weight excluding hydrogens is 336 g/mol. The predicted octanol–water partition coefficient (Wildman–Crippen LogP) is 1.03. The zero-order chi connectivity index (χ0) is 17.2. The van der Waals surface area contributed by atoms with Gasteiger partial charge in [0.1, 0.15) is 5.82 Å². The summed E-state index contributed by atoms with van der Waals surface area (Å²) in [6.45, 7) is 5.83. The summed E-state index contributed by atoms with van der Waals surface area (Å²) in [5.74, 6) is 1.25. The molecule has 1 aliphatic rings. The van der Waals surface area contributed by atoms with E-state index in [0.29, 0.717) is 11.6 Å². The Bertz CT molecular complexity index is 672. The summed E-state index contributed by atoms with van der Waals surface area (Å²) in [6, 6.07) is -0.174. The van der Waals surface area contributed by atoms with Crippen molar-refractivity contribution in [3.63, 3.8) is 0 Å². The second-order valence-corrected chi connectivity index (χ2v) is 9.16. The van der Waals surface area contributed by atoms with Gasteiger partial charge in [0.15, 0.2) is 15.0 Å². The van der Waals surface area contributed by atoms with E-state index >= 15 is 0 Å². The van der Waals surface area contributed by atoms with E-state index in [9.17, 15) is 13.2 Å². The van der Waals surface area contributed by atoms with Crippen molar-refractivity contribution in [2.24, 2.45) is 7.05 Å². The van der Waals surface area contributed by atoms with Crippen molar-refractivity contribution >= 4 is 27.5 Å². The molecule has 0 radical (unpaired) electrons. The molecule has 0 bridgehead atoms. The van der Waals surface area contributed by atoms with E-state index in [1.807, 2.05) is 32.4 Å². The third-order valence-electron chi connectivity index (χ3n) is 4.33. The lowest BCUT2D eigenvalue weighted by Gasteiger charge is -2.33. The first kappa shape index (κ1) is 18.3. The molecule has 1 aliphatic heterocycles. The average Bonchev–Trinajstić information content (AvgIpc) is 3.00. The molecule has 23 heavy (non-hydrogen) atoms. The Hall–Kier alpha value is -1.09. The maximum absolute atomic E-state index is 12.7. The van der Waals surface area contributed by atoms with E-state index < -0.39 is 9.84 Å². The highest BCUT2D eigenvalue weighted by Crippen LogP contribution is 2.24. The highest BCUT2D eigenvalue weighted by Gasteiger charge is 2.36. The molecule has 0 aromatic carbocycles. The lowest BCUT2D eigenvalue weighted by Crippen LogP contribution is -2.47. The minimum Gasteiger partial charge on any atom is -0.335 e. The van der Waals surface area contributed by atoms with Crippen LogP contribution in [0.5, 0.6) is 0 Å². The van der Waals surface area contributed by atoms with Crippen LogP contribution in [0.25, 0.3) is 0 Å². The molecule has 0 aliphatic carbocycles. The average molecular weight is 361 g/mol. The van der Waals surface area contributed by atoms with Crippen LogP contribution in [0.3, 0.4) is 0 Å². The second-order valence-electron chi connectivity index (χ2n) is 5.99. The van der Waals surface area contributed by atoms with Gasteiger partial charge in [-0.25, -0.2) is 8.42 Å². The van der Waals surface area contributed by atoms with Gasteiger partial charge in [0.25, 0.3) is 0 Å². The van der Waals surface area contributed by atoms with Crippen LogP contribution in [0.15, 0.2) is 5.16 Å². The van der Waals surface area contributed by atoms with Gasteiger partial charge in [-0.15, -0.1) is 10.2 Å². The predicted molar refractivity (Wildman–Crippen MR) is 90.1 cm³/mol. The number of carbonyl (C=O) groups excluding carboxylic acids is 1. The Labute approximate surface area is 141 Å². The first-order valence-electron chi connectivity index (χ1n) is 7.75. The number of amides is 1. The number of carbonyl (C=O) groups is 1. The quantitative estimate of drug-likeness (QED) is 0.705. The van der Waals surface area contributed by atoms with E-state index in [1.165, 1.54) is 11.8 Å². The molecule has 1 aromatic heterocycles. The topological polar surface area (TPSA) is 85.2 Å². The summed E-state index contributed by atoms with van der Waals surface area (Å²) >= 11 is 1.34. The molecule has 2 rings (SSSR count). The molecular formula is C14H24N4O3S2. The molecule has 1 aromatic rings. The van der Waals surface area contributed by atoms with Gasteiger partial charge in [-0.2, -0.15) is 0 Å².